The van der Waals surface area contributed by atoms with Crippen molar-refractivity contribution < 1.29 is 14.8 Å². The van der Waals surface area contributed by atoms with Crippen molar-refractivity contribution in [2.24, 2.45) is 10.2 Å². The number of nitro benzene ring substituents is 1. The number of ether oxygens (including phenoxy) is 1. The van der Waals surface area contributed by atoms with E-state index < -0.39 is 4.92 Å². The molecule has 102 valence electrons. The van der Waals surface area contributed by atoms with Crippen molar-refractivity contribution in [1.29, 1.82) is 0 Å². The normalized spacial score (nSPS) is 10.7. The van der Waals surface area contributed by atoms with E-state index in [-0.39, 0.29) is 22.9 Å². The van der Waals surface area contributed by atoms with Crippen molar-refractivity contribution >= 4 is 17.2 Å². The Morgan fingerprint density at radius 1 is 1.30 bits per heavy atom. The van der Waals surface area contributed by atoms with Gasteiger partial charge in [0.1, 0.15) is 11.5 Å². The summed E-state index contributed by atoms with van der Waals surface area (Å²) in [6.07, 6.45) is 1.21. The minimum absolute atomic E-state index is 0.000576. The zero-order valence-electron chi connectivity index (χ0n) is 10.4. The number of aromatic nitrogens is 1. The van der Waals surface area contributed by atoms with Gasteiger partial charge in [-0.2, -0.15) is 0 Å². The maximum absolute atomic E-state index is 10.9. The third-order valence-corrected chi connectivity index (χ3v) is 2.37. The fourth-order valence-corrected chi connectivity index (χ4v) is 1.40. The lowest BCUT2D eigenvalue weighted by atomic mass is 10.2. The van der Waals surface area contributed by atoms with Crippen LogP contribution in [0.1, 0.15) is 0 Å². The van der Waals surface area contributed by atoms with Gasteiger partial charge in [0.15, 0.2) is 11.5 Å². The van der Waals surface area contributed by atoms with E-state index in [2.05, 4.69) is 15.2 Å². The summed E-state index contributed by atoms with van der Waals surface area (Å²) >= 11 is 0. The predicted molar refractivity (Wildman–Crippen MR) is 69.7 cm³/mol. The zero-order valence-corrected chi connectivity index (χ0v) is 10.4. The molecule has 0 fully saturated rings. The van der Waals surface area contributed by atoms with Crippen molar-refractivity contribution in [3.05, 3.63) is 46.6 Å². The van der Waals surface area contributed by atoms with Crippen LogP contribution in [0.5, 0.6) is 11.5 Å². The molecule has 0 aliphatic carbocycles. The highest BCUT2D eigenvalue weighted by Crippen LogP contribution is 2.32. The largest absolute Gasteiger partial charge is 0.506 e. The van der Waals surface area contributed by atoms with Crippen LogP contribution in [-0.4, -0.2) is 22.1 Å². The highest BCUT2D eigenvalue weighted by Gasteiger charge is 2.14. The second kappa shape index (κ2) is 5.74. The number of methoxy groups -OCH3 is 1. The number of azo groups is 1. The first kappa shape index (κ1) is 13.4. The molecule has 0 radical (unpaired) electrons. The molecule has 0 aliphatic heterocycles. The third kappa shape index (κ3) is 3.05. The van der Waals surface area contributed by atoms with Gasteiger partial charge in [0.05, 0.1) is 24.3 Å². The van der Waals surface area contributed by atoms with Gasteiger partial charge >= 0.3 is 0 Å². The number of hydrogen-bond acceptors (Lipinski definition) is 7. The molecule has 0 spiro atoms. The van der Waals surface area contributed by atoms with Crippen LogP contribution in [0.15, 0.2) is 46.8 Å². The van der Waals surface area contributed by atoms with E-state index in [4.69, 9.17) is 9.84 Å². The lowest BCUT2D eigenvalue weighted by molar-refractivity contribution is -0.384. The quantitative estimate of drug-likeness (QED) is 0.523. The molecule has 0 unspecified atom stereocenters. The Balaban J connectivity index is 2.33. The number of rotatable bonds is 4. The van der Waals surface area contributed by atoms with Gasteiger partial charge in [0.2, 0.25) is 0 Å². The zero-order chi connectivity index (χ0) is 14.5. The molecule has 1 heterocycles. The van der Waals surface area contributed by atoms with Crippen molar-refractivity contribution in [2.45, 2.75) is 0 Å². The van der Waals surface area contributed by atoms with Gasteiger partial charge in [-0.15, -0.1) is 10.2 Å². The molecule has 2 aromatic rings. The summed E-state index contributed by atoms with van der Waals surface area (Å²) in [7, 11) is 1.42. The Kier molecular flexibility index (Phi) is 3.85. The molecule has 20 heavy (non-hydrogen) atoms. The highest BCUT2D eigenvalue weighted by atomic mass is 16.6. The molecular formula is C12H10N4O4. The minimum Gasteiger partial charge on any atom is -0.506 e. The number of nitro groups is 1. The van der Waals surface area contributed by atoms with Gasteiger partial charge in [-0.05, 0) is 24.3 Å². The van der Waals surface area contributed by atoms with Crippen LogP contribution in [0.4, 0.5) is 17.2 Å². The second-order valence-corrected chi connectivity index (χ2v) is 3.69. The van der Waals surface area contributed by atoms with E-state index in [1.165, 1.54) is 37.6 Å². The van der Waals surface area contributed by atoms with Gasteiger partial charge in [0, 0.05) is 0 Å². The lowest BCUT2D eigenvalue weighted by Gasteiger charge is -2.00. The standard InChI is InChI=1S/C12H10N4O4/c1-20-9-3-4-10(11(6-9)16(18)19)14-15-12-5-2-8(17)7-13-12/h2-7,17H,1H3. The molecule has 0 saturated carbocycles. The number of nitrogens with zero attached hydrogens (tertiary/aromatic N) is 4. The number of hydrogen-bond donors (Lipinski definition) is 1. The number of aromatic hydroxyl groups is 1. The number of pyridine rings is 1. The lowest BCUT2D eigenvalue weighted by Crippen LogP contribution is -1.90. The van der Waals surface area contributed by atoms with Gasteiger partial charge in [0.25, 0.3) is 5.69 Å². The smallest absolute Gasteiger partial charge is 0.300 e. The molecule has 0 bridgehead atoms. The van der Waals surface area contributed by atoms with Crippen LogP contribution in [0, 0.1) is 10.1 Å². The summed E-state index contributed by atoms with van der Waals surface area (Å²) in [6, 6.07) is 7.07. The Morgan fingerprint density at radius 3 is 2.70 bits per heavy atom. The minimum atomic E-state index is -0.568. The molecule has 0 amide bonds. The summed E-state index contributed by atoms with van der Waals surface area (Å²) in [6.45, 7) is 0. The molecule has 2 rings (SSSR count). The Morgan fingerprint density at radius 2 is 2.10 bits per heavy atom. The molecule has 0 aliphatic rings. The summed E-state index contributed by atoms with van der Waals surface area (Å²) in [5, 5.41) is 27.6. The van der Waals surface area contributed by atoms with Gasteiger partial charge in [-0.25, -0.2) is 4.98 Å². The van der Waals surface area contributed by atoms with Gasteiger partial charge < -0.3 is 9.84 Å². The van der Waals surface area contributed by atoms with Crippen LogP contribution >= 0.6 is 0 Å². The molecule has 1 N–H and O–H groups in total. The third-order valence-electron chi connectivity index (χ3n) is 2.37. The van der Waals surface area contributed by atoms with Crippen molar-refractivity contribution in [3.63, 3.8) is 0 Å². The van der Waals surface area contributed by atoms with E-state index >= 15 is 0 Å². The van der Waals surface area contributed by atoms with E-state index in [9.17, 15) is 10.1 Å². The SMILES string of the molecule is COc1ccc(N=Nc2ccc(O)cn2)c([N+](=O)[O-])c1. The van der Waals surface area contributed by atoms with Crippen molar-refractivity contribution in [2.75, 3.05) is 7.11 Å². The van der Waals surface area contributed by atoms with Crippen molar-refractivity contribution in [1.82, 2.24) is 4.98 Å². The number of benzene rings is 1. The molecule has 1 aromatic heterocycles. The first-order valence-corrected chi connectivity index (χ1v) is 5.49. The first-order valence-electron chi connectivity index (χ1n) is 5.49. The van der Waals surface area contributed by atoms with Gasteiger partial charge in [-0.3, -0.25) is 10.1 Å². The summed E-state index contributed by atoms with van der Waals surface area (Å²) in [5.41, 5.74) is -0.127. The molecule has 0 saturated heterocycles. The van der Waals surface area contributed by atoms with Crippen LogP contribution in [-0.2, 0) is 0 Å². The average Bonchev–Trinajstić information content (AvgIpc) is 2.46. The summed E-state index contributed by atoms with van der Waals surface area (Å²) < 4.78 is 4.92. The average molecular weight is 274 g/mol. The predicted octanol–water partition coefficient (Wildman–Crippen LogP) is 3.12. The summed E-state index contributed by atoms with van der Waals surface area (Å²) in [5.74, 6) is 0.589. The Bertz CT molecular complexity index is 655. The van der Waals surface area contributed by atoms with E-state index in [1.807, 2.05) is 0 Å². The fraction of sp³-hybridized carbons (Fsp3) is 0.0833. The van der Waals surface area contributed by atoms with Crippen LogP contribution in [0.3, 0.4) is 0 Å². The van der Waals surface area contributed by atoms with E-state index in [0.29, 0.717) is 5.75 Å². The molecule has 1 aromatic carbocycles. The van der Waals surface area contributed by atoms with E-state index in [1.54, 1.807) is 6.07 Å². The molecule has 8 nitrogen and oxygen atoms in total. The second-order valence-electron chi connectivity index (χ2n) is 3.69. The Labute approximate surface area is 113 Å². The van der Waals surface area contributed by atoms with Gasteiger partial charge in [-0.1, -0.05) is 0 Å². The molecular weight excluding hydrogens is 264 g/mol. The Hall–Kier alpha value is -3.03. The van der Waals surface area contributed by atoms with E-state index in [0.717, 1.165) is 0 Å². The monoisotopic (exact) mass is 274 g/mol. The van der Waals surface area contributed by atoms with Crippen molar-refractivity contribution in [3.8, 4) is 11.5 Å². The van der Waals surface area contributed by atoms with Crippen LogP contribution in [0.25, 0.3) is 0 Å². The highest BCUT2D eigenvalue weighted by molar-refractivity contribution is 5.59. The molecule has 0 atom stereocenters. The maximum Gasteiger partial charge on any atom is 0.300 e. The maximum atomic E-state index is 10.9. The van der Waals surface area contributed by atoms with Crippen LogP contribution in [0.2, 0.25) is 0 Å². The fourth-order valence-electron chi connectivity index (χ4n) is 1.40. The topological polar surface area (TPSA) is 110 Å². The summed E-state index contributed by atoms with van der Waals surface area (Å²) in [4.78, 5) is 14.2. The first-order chi connectivity index (χ1) is 9.60. The van der Waals surface area contributed by atoms with Crippen LogP contribution < -0.4 is 4.74 Å². The molecule has 8 heteroatoms.